The Morgan fingerprint density at radius 2 is 2.45 bits per heavy atom. The van der Waals surface area contributed by atoms with Gasteiger partial charge in [0.15, 0.2) is 5.11 Å². The Labute approximate surface area is 127 Å². The molecule has 1 aromatic carbocycles. The number of benzene rings is 1. The van der Waals surface area contributed by atoms with Crippen molar-refractivity contribution in [1.82, 2.24) is 10.7 Å². The van der Waals surface area contributed by atoms with Gasteiger partial charge >= 0.3 is 0 Å². The first-order valence-electron chi connectivity index (χ1n) is 6.29. The van der Waals surface area contributed by atoms with Gasteiger partial charge in [0, 0.05) is 18.7 Å². The van der Waals surface area contributed by atoms with Gasteiger partial charge in [0.25, 0.3) is 0 Å². The summed E-state index contributed by atoms with van der Waals surface area (Å²) in [7, 11) is 0. The van der Waals surface area contributed by atoms with Gasteiger partial charge in [-0.2, -0.15) is 5.10 Å². The normalized spacial score (nSPS) is 18.4. The molecule has 0 aliphatic carbocycles. The molecule has 0 saturated carbocycles. The lowest BCUT2D eigenvalue weighted by Gasteiger charge is -2.11. The number of rotatable bonds is 4. The molecule has 0 bridgehead atoms. The molecule has 0 radical (unpaired) electrons. The number of nitrogens with zero attached hydrogens (tertiary/aromatic N) is 1. The smallest absolute Gasteiger partial charge is 0.187 e. The van der Waals surface area contributed by atoms with E-state index in [1.165, 1.54) is 18.3 Å². The van der Waals surface area contributed by atoms with E-state index < -0.39 is 5.82 Å². The zero-order chi connectivity index (χ0) is 14.4. The van der Waals surface area contributed by atoms with E-state index in [2.05, 4.69) is 15.8 Å². The van der Waals surface area contributed by atoms with Gasteiger partial charge in [-0.15, -0.1) is 0 Å². The number of halogens is 2. The first-order chi connectivity index (χ1) is 9.66. The predicted octanol–water partition coefficient (Wildman–Crippen LogP) is 2.46. The van der Waals surface area contributed by atoms with Crippen LogP contribution in [0.3, 0.4) is 0 Å². The minimum Gasteiger partial charge on any atom is -0.376 e. The van der Waals surface area contributed by atoms with Gasteiger partial charge < -0.3 is 10.1 Å². The molecule has 0 amide bonds. The predicted molar refractivity (Wildman–Crippen MR) is 81.7 cm³/mol. The molecule has 1 aliphatic rings. The Hall–Kier alpha value is -1.24. The third kappa shape index (κ3) is 4.40. The fourth-order valence-electron chi connectivity index (χ4n) is 1.84. The van der Waals surface area contributed by atoms with Crippen LogP contribution in [0, 0.1) is 5.82 Å². The molecule has 1 heterocycles. The summed E-state index contributed by atoms with van der Waals surface area (Å²) in [6, 6.07) is 4.46. The molecule has 4 nitrogen and oxygen atoms in total. The van der Waals surface area contributed by atoms with Crippen LogP contribution in [-0.4, -0.2) is 30.6 Å². The van der Waals surface area contributed by atoms with Crippen molar-refractivity contribution in [2.45, 2.75) is 18.9 Å². The van der Waals surface area contributed by atoms with Crippen molar-refractivity contribution in [2.75, 3.05) is 13.2 Å². The van der Waals surface area contributed by atoms with Crippen LogP contribution in [0.4, 0.5) is 4.39 Å². The Kier molecular flexibility index (Phi) is 5.70. The first kappa shape index (κ1) is 15.2. The van der Waals surface area contributed by atoms with Crippen molar-refractivity contribution in [3.8, 4) is 0 Å². The summed E-state index contributed by atoms with van der Waals surface area (Å²) in [5, 5.41) is 7.52. The zero-order valence-electron chi connectivity index (χ0n) is 10.7. The van der Waals surface area contributed by atoms with Gasteiger partial charge in [0.2, 0.25) is 0 Å². The molecule has 1 unspecified atom stereocenters. The van der Waals surface area contributed by atoms with Crippen molar-refractivity contribution in [1.29, 1.82) is 0 Å². The summed E-state index contributed by atoms with van der Waals surface area (Å²) < 4.78 is 18.9. The molecule has 20 heavy (non-hydrogen) atoms. The van der Waals surface area contributed by atoms with Gasteiger partial charge in [0.05, 0.1) is 17.3 Å². The van der Waals surface area contributed by atoms with Crippen LogP contribution >= 0.6 is 23.8 Å². The lowest BCUT2D eigenvalue weighted by molar-refractivity contribution is 0.114. The molecular formula is C13H15ClFN3OS. The Morgan fingerprint density at radius 1 is 1.60 bits per heavy atom. The SMILES string of the molecule is Fc1cccc(Cl)c1C=NNC(=S)NCC1CCCO1. The maximum absolute atomic E-state index is 13.5. The molecule has 7 heteroatoms. The van der Waals surface area contributed by atoms with Gasteiger partial charge in [0.1, 0.15) is 5.82 Å². The first-order valence-corrected chi connectivity index (χ1v) is 7.08. The van der Waals surface area contributed by atoms with Crippen molar-refractivity contribution in [3.05, 3.63) is 34.6 Å². The second-order valence-electron chi connectivity index (χ2n) is 4.35. The van der Waals surface area contributed by atoms with E-state index in [-0.39, 0.29) is 11.7 Å². The molecule has 108 valence electrons. The fraction of sp³-hybridized carbons (Fsp3) is 0.385. The van der Waals surface area contributed by atoms with Gasteiger partial charge in [-0.3, -0.25) is 5.43 Å². The Balaban J connectivity index is 1.79. The van der Waals surface area contributed by atoms with Crippen LogP contribution in [0.2, 0.25) is 5.02 Å². The van der Waals surface area contributed by atoms with Crippen LogP contribution < -0.4 is 10.7 Å². The summed E-state index contributed by atoms with van der Waals surface area (Å²) in [5.41, 5.74) is 2.84. The van der Waals surface area contributed by atoms with Gasteiger partial charge in [-0.05, 0) is 37.2 Å². The summed E-state index contributed by atoms with van der Waals surface area (Å²) >= 11 is 10.9. The lowest BCUT2D eigenvalue weighted by Crippen LogP contribution is -2.37. The Morgan fingerprint density at radius 3 is 3.15 bits per heavy atom. The van der Waals surface area contributed by atoms with Crippen LogP contribution in [0.15, 0.2) is 23.3 Å². The van der Waals surface area contributed by atoms with E-state index in [1.807, 2.05) is 0 Å². The number of hydrazone groups is 1. The maximum Gasteiger partial charge on any atom is 0.187 e. The standard InChI is InChI=1S/C13H15ClFN3OS/c14-11-4-1-5-12(15)10(11)8-17-18-13(20)16-7-9-3-2-6-19-9/h1,4-5,8-9H,2-3,6-7H2,(H2,16,18,20). The zero-order valence-corrected chi connectivity index (χ0v) is 12.3. The molecule has 1 aromatic rings. The lowest BCUT2D eigenvalue weighted by atomic mass is 10.2. The highest BCUT2D eigenvalue weighted by Crippen LogP contribution is 2.16. The van der Waals surface area contributed by atoms with Crippen molar-refractivity contribution in [2.24, 2.45) is 5.10 Å². The molecule has 1 aliphatic heterocycles. The van der Waals surface area contributed by atoms with E-state index in [9.17, 15) is 4.39 Å². The average molecular weight is 316 g/mol. The molecular weight excluding hydrogens is 301 g/mol. The minimum atomic E-state index is -0.429. The van der Waals surface area contributed by atoms with Crippen molar-refractivity contribution < 1.29 is 9.13 Å². The second-order valence-corrected chi connectivity index (χ2v) is 5.17. The third-order valence-corrected chi connectivity index (χ3v) is 3.44. The average Bonchev–Trinajstić information content (AvgIpc) is 2.93. The summed E-state index contributed by atoms with van der Waals surface area (Å²) in [4.78, 5) is 0. The molecule has 2 N–H and O–H groups in total. The van der Waals surface area contributed by atoms with E-state index in [0.717, 1.165) is 19.4 Å². The number of ether oxygens (including phenoxy) is 1. The highest BCUT2D eigenvalue weighted by Gasteiger charge is 2.15. The molecule has 0 aromatic heterocycles. The van der Waals surface area contributed by atoms with Gasteiger partial charge in [-0.1, -0.05) is 17.7 Å². The Bertz CT molecular complexity index is 486. The molecule has 1 fully saturated rings. The van der Waals surface area contributed by atoms with E-state index in [0.29, 0.717) is 16.7 Å². The van der Waals surface area contributed by atoms with Crippen LogP contribution in [0.1, 0.15) is 18.4 Å². The van der Waals surface area contributed by atoms with E-state index in [4.69, 9.17) is 28.6 Å². The summed E-state index contributed by atoms with van der Waals surface area (Å²) in [6.07, 6.45) is 3.61. The molecule has 0 spiro atoms. The highest BCUT2D eigenvalue weighted by molar-refractivity contribution is 7.80. The fourth-order valence-corrected chi connectivity index (χ4v) is 2.19. The maximum atomic E-state index is 13.5. The molecule has 2 rings (SSSR count). The number of hydrogen-bond donors (Lipinski definition) is 2. The largest absolute Gasteiger partial charge is 0.376 e. The van der Waals surface area contributed by atoms with Crippen LogP contribution in [0.5, 0.6) is 0 Å². The number of thiocarbonyl (C=S) groups is 1. The van der Waals surface area contributed by atoms with E-state index >= 15 is 0 Å². The quantitative estimate of drug-likeness (QED) is 0.509. The molecule has 1 saturated heterocycles. The number of hydrogen-bond acceptors (Lipinski definition) is 3. The van der Waals surface area contributed by atoms with Crippen LogP contribution in [-0.2, 0) is 4.74 Å². The van der Waals surface area contributed by atoms with Gasteiger partial charge in [-0.25, -0.2) is 4.39 Å². The number of nitrogens with one attached hydrogen (secondary N) is 2. The minimum absolute atomic E-state index is 0.194. The molecule has 1 atom stereocenters. The third-order valence-electron chi connectivity index (χ3n) is 2.87. The topological polar surface area (TPSA) is 45.7 Å². The van der Waals surface area contributed by atoms with Crippen molar-refractivity contribution in [3.63, 3.8) is 0 Å². The monoisotopic (exact) mass is 315 g/mol. The highest BCUT2D eigenvalue weighted by atomic mass is 35.5. The summed E-state index contributed by atoms with van der Waals surface area (Å²) in [6.45, 7) is 1.44. The second kappa shape index (κ2) is 7.52. The van der Waals surface area contributed by atoms with Crippen molar-refractivity contribution >= 4 is 35.1 Å². The van der Waals surface area contributed by atoms with Crippen LogP contribution in [0.25, 0.3) is 0 Å². The summed E-state index contributed by atoms with van der Waals surface area (Å²) in [5.74, 6) is -0.429. The van der Waals surface area contributed by atoms with E-state index in [1.54, 1.807) is 6.07 Å².